The average Bonchev–Trinajstić information content (AvgIpc) is 3.28. The molecule has 2 N–H and O–H groups in total. The van der Waals surface area contributed by atoms with Crippen LogP contribution in [0.25, 0.3) is 22.0 Å². The Labute approximate surface area is 201 Å². The lowest BCUT2D eigenvalue weighted by Crippen LogP contribution is -2.36. The zero-order chi connectivity index (χ0) is 25.8. The summed E-state index contributed by atoms with van der Waals surface area (Å²) < 4.78 is 44.2. The molecule has 7 nitrogen and oxygen atoms in total. The van der Waals surface area contributed by atoms with E-state index in [0.717, 1.165) is 36.4 Å². The molecule has 1 fully saturated rings. The Morgan fingerprint density at radius 1 is 1.03 bits per heavy atom. The minimum absolute atomic E-state index is 0.0212. The van der Waals surface area contributed by atoms with Gasteiger partial charge in [-0.25, -0.2) is 4.79 Å². The first-order valence-electron chi connectivity index (χ1n) is 11.1. The highest BCUT2D eigenvalue weighted by Gasteiger charge is 2.31. The first-order chi connectivity index (χ1) is 16.5. The van der Waals surface area contributed by atoms with Crippen LogP contribution in [0.5, 0.6) is 0 Å². The lowest BCUT2D eigenvalue weighted by atomic mass is 10.0. The highest BCUT2D eigenvalue weighted by molar-refractivity contribution is 6.00. The number of amides is 1. The number of nitrogens with one attached hydrogen (secondary N) is 1. The van der Waals surface area contributed by atoms with Crippen LogP contribution in [0.15, 0.2) is 48.5 Å². The van der Waals surface area contributed by atoms with Crippen molar-refractivity contribution in [3.63, 3.8) is 0 Å². The van der Waals surface area contributed by atoms with Crippen molar-refractivity contribution in [1.82, 2.24) is 15.1 Å². The Bertz CT molecular complexity index is 1160. The number of halogens is 3. The van der Waals surface area contributed by atoms with Crippen LogP contribution < -0.4 is 5.32 Å². The van der Waals surface area contributed by atoms with Crippen molar-refractivity contribution in [3.8, 4) is 11.3 Å². The second-order valence-corrected chi connectivity index (χ2v) is 9.07. The van der Waals surface area contributed by atoms with Crippen molar-refractivity contribution < 1.29 is 27.8 Å². The van der Waals surface area contributed by atoms with E-state index in [1.807, 2.05) is 45.0 Å². The van der Waals surface area contributed by atoms with Crippen molar-refractivity contribution in [1.29, 1.82) is 0 Å². The van der Waals surface area contributed by atoms with Gasteiger partial charge in [0.05, 0.1) is 5.56 Å². The number of likely N-dealkylation sites (tertiary alicyclic amines) is 1. The molecule has 0 bridgehead atoms. The number of alkyl halides is 3. The lowest BCUT2D eigenvalue weighted by molar-refractivity contribution is -0.137. The minimum atomic E-state index is -4.39. The molecular weight excluding hydrogens is 461 g/mol. The van der Waals surface area contributed by atoms with Gasteiger partial charge in [-0.3, -0.25) is 0 Å². The van der Waals surface area contributed by atoms with Gasteiger partial charge in [0.25, 0.3) is 0 Å². The third-order valence-corrected chi connectivity index (χ3v) is 5.35. The first kappa shape index (κ1) is 26.2. The number of hydrogen-bond acceptors (Lipinski definition) is 6. The third kappa shape index (κ3) is 6.39. The van der Waals surface area contributed by atoms with E-state index in [0.29, 0.717) is 30.2 Å². The highest BCUT2D eigenvalue weighted by Crippen LogP contribution is 2.34. The fraction of sp³-hybridized carbons (Fsp3) is 0.400. The number of aromatic nitrogens is 2. The van der Waals surface area contributed by atoms with Crippen LogP contribution in [0.3, 0.4) is 0 Å². The number of aliphatic hydroxyl groups is 1. The van der Waals surface area contributed by atoms with Crippen molar-refractivity contribution >= 4 is 22.7 Å². The highest BCUT2D eigenvalue weighted by atomic mass is 19.4. The molecule has 10 heteroatoms. The fourth-order valence-electron chi connectivity index (χ4n) is 3.80. The van der Waals surface area contributed by atoms with E-state index in [9.17, 15) is 18.0 Å². The van der Waals surface area contributed by atoms with Crippen LogP contribution in [0.2, 0.25) is 0 Å². The van der Waals surface area contributed by atoms with E-state index in [1.165, 1.54) is 12.1 Å². The molecule has 1 aromatic heterocycles. The van der Waals surface area contributed by atoms with Crippen LogP contribution in [0.4, 0.5) is 23.8 Å². The minimum Gasteiger partial charge on any atom is -0.444 e. The Morgan fingerprint density at radius 3 is 2.26 bits per heavy atom. The topological polar surface area (TPSA) is 87.6 Å². The molecule has 35 heavy (non-hydrogen) atoms. The van der Waals surface area contributed by atoms with Crippen molar-refractivity contribution in [2.45, 2.75) is 45.0 Å². The number of ether oxygens (including phenoxy) is 1. The summed E-state index contributed by atoms with van der Waals surface area (Å²) in [7, 11) is 1.00. The second-order valence-electron chi connectivity index (χ2n) is 9.07. The largest absolute Gasteiger partial charge is 0.444 e. The monoisotopic (exact) mass is 490 g/mol. The van der Waals surface area contributed by atoms with E-state index >= 15 is 0 Å². The van der Waals surface area contributed by atoms with Gasteiger partial charge in [-0.05, 0) is 39.3 Å². The summed E-state index contributed by atoms with van der Waals surface area (Å²) in [6.07, 6.45) is -4.01. The molecule has 2 heterocycles. The van der Waals surface area contributed by atoms with E-state index < -0.39 is 17.3 Å². The number of rotatable bonds is 3. The molecule has 0 spiro atoms. The Hall–Kier alpha value is -3.40. The van der Waals surface area contributed by atoms with Crippen LogP contribution in [-0.4, -0.2) is 58.1 Å². The summed E-state index contributed by atoms with van der Waals surface area (Å²) in [6.45, 7) is 6.54. The molecular formula is C25H29F3N4O3. The van der Waals surface area contributed by atoms with E-state index in [1.54, 1.807) is 4.90 Å². The summed E-state index contributed by atoms with van der Waals surface area (Å²) in [5, 5.41) is 20.6. The summed E-state index contributed by atoms with van der Waals surface area (Å²) >= 11 is 0. The predicted molar refractivity (Wildman–Crippen MR) is 128 cm³/mol. The number of nitrogens with zero attached hydrogens (tertiary/aromatic N) is 3. The molecule has 1 aliphatic heterocycles. The van der Waals surface area contributed by atoms with Crippen molar-refractivity contribution in [2.24, 2.45) is 0 Å². The SMILES string of the molecule is CC(C)(C)OC(=O)N1CCC(Nc2nnc(-c3ccc(C(F)(F)F)cc3)c3ccccc23)C1.CO. The Kier molecular flexibility index (Phi) is 7.84. The molecule has 1 saturated heterocycles. The Morgan fingerprint density at radius 2 is 1.66 bits per heavy atom. The second kappa shape index (κ2) is 10.5. The summed E-state index contributed by atoms with van der Waals surface area (Å²) in [4.78, 5) is 14.0. The number of anilines is 1. The van der Waals surface area contributed by atoms with E-state index in [2.05, 4.69) is 15.5 Å². The van der Waals surface area contributed by atoms with Crippen molar-refractivity contribution in [2.75, 3.05) is 25.5 Å². The molecule has 2 aromatic carbocycles. The third-order valence-electron chi connectivity index (χ3n) is 5.35. The van der Waals surface area contributed by atoms with E-state index in [-0.39, 0.29) is 12.1 Å². The van der Waals surface area contributed by atoms with Gasteiger partial charge in [0, 0.05) is 42.6 Å². The number of hydrogen-bond donors (Lipinski definition) is 2. The van der Waals surface area contributed by atoms with Gasteiger partial charge in [0.15, 0.2) is 5.82 Å². The van der Waals surface area contributed by atoms with Crippen LogP contribution in [0.1, 0.15) is 32.8 Å². The van der Waals surface area contributed by atoms with Gasteiger partial charge in [-0.2, -0.15) is 13.2 Å². The van der Waals surface area contributed by atoms with Gasteiger partial charge < -0.3 is 20.1 Å². The summed E-state index contributed by atoms with van der Waals surface area (Å²) in [5.74, 6) is 0.567. The zero-order valence-electron chi connectivity index (χ0n) is 20.1. The summed E-state index contributed by atoms with van der Waals surface area (Å²) in [6, 6.07) is 12.3. The van der Waals surface area contributed by atoms with Crippen LogP contribution in [-0.2, 0) is 10.9 Å². The fourth-order valence-corrected chi connectivity index (χ4v) is 3.80. The molecule has 0 saturated carbocycles. The number of carbonyl (C=O) groups is 1. The van der Waals surface area contributed by atoms with Gasteiger partial charge in [-0.1, -0.05) is 36.4 Å². The first-order valence-corrected chi connectivity index (χ1v) is 11.1. The van der Waals surface area contributed by atoms with Gasteiger partial charge in [-0.15, -0.1) is 10.2 Å². The van der Waals surface area contributed by atoms with Crippen molar-refractivity contribution in [3.05, 3.63) is 54.1 Å². The number of benzene rings is 2. The predicted octanol–water partition coefficient (Wildman–Crippen LogP) is 5.35. The summed E-state index contributed by atoms with van der Waals surface area (Å²) in [5.41, 5.74) is -0.210. The van der Waals surface area contributed by atoms with E-state index in [4.69, 9.17) is 9.84 Å². The lowest BCUT2D eigenvalue weighted by Gasteiger charge is -2.24. The Balaban J connectivity index is 0.00000167. The number of fused-ring (bicyclic) bond motifs is 1. The molecule has 1 unspecified atom stereocenters. The smallest absolute Gasteiger partial charge is 0.416 e. The molecule has 1 aliphatic rings. The maximum Gasteiger partial charge on any atom is 0.416 e. The quantitative estimate of drug-likeness (QED) is 0.515. The molecule has 1 atom stereocenters. The maximum atomic E-state index is 12.9. The molecule has 0 aliphatic carbocycles. The van der Waals surface area contributed by atoms with Gasteiger partial charge in [0.2, 0.25) is 0 Å². The maximum absolute atomic E-state index is 12.9. The van der Waals surface area contributed by atoms with Gasteiger partial charge in [0.1, 0.15) is 11.3 Å². The number of aliphatic hydroxyl groups excluding tert-OH is 1. The van der Waals surface area contributed by atoms with Crippen LogP contribution in [0, 0.1) is 0 Å². The van der Waals surface area contributed by atoms with Crippen LogP contribution >= 0.6 is 0 Å². The normalized spacial score (nSPS) is 16.0. The standard InChI is InChI=1S/C24H25F3N4O2.CH4O/c1-23(2,3)33-22(32)31-13-12-17(14-31)28-21-19-7-5-4-6-18(19)20(29-30-21)15-8-10-16(11-9-15)24(25,26)27;1-2/h4-11,17H,12-14H2,1-3H3,(H,28,30);2H,1H3. The molecule has 4 rings (SSSR count). The van der Waals surface area contributed by atoms with Gasteiger partial charge >= 0.3 is 12.3 Å². The molecule has 188 valence electrons. The molecule has 0 radical (unpaired) electrons. The molecule has 3 aromatic rings. The molecule has 1 amide bonds. The average molecular weight is 491 g/mol. The zero-order valence-corrected chi connectivity index (χ0v) is 20.1. The number of carbonyl (C=O) groups excluding carboxylic acids is 1.